The third-order valence-electron chi connectivity index (χ3n) is 2.58. The van der Waals surface area contributed by atoms with Gasteiger partial charge in [0.2, 0.25) is 4.77 Å². The maximum absolute atomic E-state index is 12.2. The summed E-state index contributed by atoms with van der Waals surface area (Å²) in [5, 5.41) is 9.71. The van der Waals surface area contributed by atoms with E-state index in [0.29, 0.717) is 22.7 Å². The highest BCUT2D eigenvalue weighted by atomic mass is 32.1. The molecule has 96 valence electrons. The van der Waals surface area contributed by atoms with Crippen LogP contribution in [0.2, 0.25) is 0 Å². The van der Waals surface area contributed by atoms with Crippen molar-refractivity contribution in [3.05, 3.63) is 26.9 Å². The molecule has 0 aliphatic rings. The molecule has 0 saturated heterocycles. The molecule has 6 nitrogen and oxygen atoms in total. The molecular formula is C11H15N5OS. The molecular weight excluding hydrogens is 250 g/mol. The molecule has 2 heterocycles. The minimum atomic E-state index is -0.146. The Bertz CT molecular complexity index is 654. The number of aromatic amines is 2. The molecule has 0 radical (unpaired) electrons. The topological polar surface area (TPSA) is 79.4 Å². The predicted molar refractivity (Wildman–Crippen MR) is 70.9 cm³/mol. The van der Waals surface area contributed by atoms with Crippen molar-refractivity contribution in [1.82, 2.24) is 25.0 Å². The molecule has 0 unspecified atom stereocenters. The molecule has 0 fully saturated rings. The lowest BCUT2D eigenvalue weighted by atomic mass is 10.2. The van der Waals surface area contributed by atoms with E-state index in [1.54, 1.807) is 6.07 Å². The lowest BCUT2D eigenvalue weighted by Gasteiger charge is -2.06. The van der Waals surface area contributed by atoms with E-state index in [9.17, 15) is 4.79 Å². The van der Waals surface area contributed by atoms with E-state index in [1.807, 2.05) is 6.92 Å². The number of hydrogen-bond acceptors (Lipinski definition) is 4. The molecule has 2 N–H and O–H groups in total. The van der Waals surface area contributed by atoms with E-state index in [1.165, 1.54) is 4.68 Å². The van der Waals surface area contributed by atoms with Crippen LogP contribution in [0.15, 0.2) is 10.9 Å². The summed E-state index contributed by atoms with van der Waals surface area (Å²) < 4.78 is 1.82. The van der Waals surface area contributed by atoms with Crippen LogP contribution in [0.3, 0.4) is 0 Å². The van der Waals surface area contributed by atoms with Crippen molar-refractivity contribution in [2.75, 3.05) is 0 Å². The van der Waals surface area contributed by atoms with Crippen molar-refractivity contribution in [3.8, 4) is 11.4 Å². The fourth-order valence-electron chi connectivity index (χ4n) is 1.70. The maximum Gasteiger partial charge on any atom is 0.277 e. The SMILES string of the molecule is CCCCn1nc(C)cc(-c2nc(=S)[nH][nH]2)c1=O. The number of nitrogens with zero attached hydrogens (tertiary/aromatic N) is 3. The normalized spacial score (nSPS) is 10.8. The van der Waals surface area contributed by atoms with Crippen LogP contribution in [0.1, 0.15) is 25.5 Å². The summed E-state index contributed by atoms with van der Waals surface area (Å²) in [5.74, 6) is 0.459. The van der Waals surface area contributed by atoms with Crippen LogP contribution >= 0.6 is 12.2 Å². The zero-order chi connectivity index (χ0) is 13.1. The van der Waals surface area contributed by atoms with Gasteiger partial charge in [-0.05, 0) is 31.6 Å². The van der Waals surface area contributed by atoms with Crippen LogP contribution in [0, 0.1) is 11.7 Å². The summed E-state index contributed by atoms with van der Waals surface area (Å²) in [4.78, 5) is 16.3. The quantitative estimate of drug-likeness (QED) is 0.826. The molecule has 0 amide bonds. The molecule has 2 aromatic heterocycles. The molecule has 2 rings (SSSR count). The number of hydrogen-bond donors (Lipinski definition) is 2. The van der Waals surface area contributed by atoms with Gasteiger partial charge < -0.3 is 0 Å². The van der Waals surface area contributed by atoms with Gasteiger partial charge in [0, 0.05) is 6.54 Å². The Kier molecular flexibility index (Phi) is 3.71. The van der Waals surface area contributed by atoms with Gasteiger partial charge in [0.1, 0.15) is 0 Å². The van der Waals surface area contributed by atoms with Crippen LogP contribution in [0.25, 0.3) is 11.4 Å². The minimum Gasteiger partial charge on any atom is -0.281 e. The first-order valence-corrected chi connectivity index (χ1v) is 6.26. The van der Waals surface area contributed by atoms with Crippen molar-refractivity contribution < 1.29 is 0 Å². The van der Waals surface area contributed by atoms with Crippen LogP contribution in [-0.4, -0.2) is 25.0 Å². The standard InChI is InChI=1S/C11H15N5OS/c1-3-4-5-16-10(17)8(6-7(2)15-16)9-12-11(18)14-13-9/h6H,3-5H2,1-2H3,(H2,12,13,14,18). The van der Waals surface area contributed by atoms with Gasteiger partial charge in [-0.15, -0.1) is 0 Å². The summed E-state index contributed by atoms with van der Waals surface area (Å²) in [6.07, 6.45) is 1.94. The Labute approximate surface area is 109 Å². The lowest BCUT2D eigenvalue weighted by molar-refractivity contribution is 0.538. The molecule has 0 atom stereocenters. The van der Waals surface area contributed by atoms with Gasteiger partial charge in [-0.2, -0.15) is 10.1 Å². The van der Waals surface area contributed by atoms with Gasteiger partial charge in [-0.1, -0.05) is 13.3 Å². The maximum atomic E-state index is 12.2. The number of nitrogens with one attached hydrogen (secondary N) is 2. The molecule has 2 aromatic rings. The second-order valence-corrected chi connectivity index (χ2v) is 4.48. The van der Waals surface area contributed by atoms with Crippen molar-refractivity contribution in [2.24, 2.45) is 0 Å². The number of H-pyrrole nitrogens is 2. The molecule has 0 aromatic carbocycles. The number of rotatable bonds is 4. The van der Waals surface area contributed by atoms with Crippen LogP contribution in [-0.2, 0) is 6.54 Å². The van der Waals surface area contributed by atoms with Gasteiger partial charge in [-0.25, -0.2) is 4.68 Å². The molecule has 18 heavy (non-hydrogen) atoms. The third kappa shape index (κ3) is 2.56. The van der Waals surface area contributed by atoms with Gasteiger partial charge in [0.05, 0.1) is 11.3 Å². The highest BCUT2D eigenvalue weighted by molar-refractivity contribution is 7.71. The Morgan fingerprint density at radius 1 is 1.44 bits per heavy atom. The number of aromatic nitrogens is 5. The molecule has 0 saturated carbocycles. The minimum absolute atomic E-state index is 0.146. The van der Waals surface area contributed by atoms with E-state index in [0.717, 1.165) is 18.5 Å². The first-order valence-electron chi connectivity index (χ1n) is 5.85. The summed E-state index contributed by atoms with van der Waals surface area (Å²) in [6.45, 7) is 4.55. The third-order valence-corrected chi connectivity index (χ3v) is 2.77. The van der Waals surface area contributed by atoms with Gasteiger partial charge in [-0.3, -0.25) is 15.0 Å². The van der Waals surface area contributed by atoms with E-state index >= 15 is 0 Å². The summed E-state index contributed by atoms with van der Waals surface area (Å²) in [6, 6.07) is 1.71. The average molecular weight is 265 g/mol. The Hall–Kier alpha value is -1.76. The smallest absolute Gasteiger partial charge is 0.277 e. The fraction of sp³-hybridized carbons (Fsp3) is 0.455. The number of aryl methyl sites for hydroxylation is 2. The lowest BCUT2D eigenvalue weighted by Crippen LogP contribution is -2.25. The van der Waals surface area contributed by atoms with Crippen LogP contribution < -0.4 is 5.56 Å². The van der Waals surface area contributed by atoms with Crippen molar-refractivity contribution in [1.29, 1.82) is 0 Å². The van der Waals surface area contributed by atoms with Crippen molar-refractivity contribution >= 4 is 12.2 Å². The van der Waals surface area contributed by atoms with Crippen LogP contribution in [0.4, 0.5) is 0 Å². The second kappa shape index (κ2) is 5.26. The molecule has 0 bridgehead atoms. The second-order valence-electron chi connectivity index (χ2n) is 4.10. The molecule has 0 aliphatic heterocycles. The summed E-state index contributed by atoms with van der Waals surface area (Å²) in [7, 11) is 0. The van der Waals surface area contributed by atoms with Crippen molar-refractivity contribution in [3.63, 3.8) is 0 Å². The van der Waals surface area contributed by atoms with Crippen LogP contribution in [0.5, 0.6) is 0 Å². The zero-order valence-corrected chi connectivity index (χ0v) is 11.2. The van der Waals surface area contributed by atoms with E-state index in [4.69, 9.17) is 12.2 Å². The average Bonchev–Trinajstić information content (AvgIpc) is 2.76. The van der Waals surface area contributed by atoms with Gasteiger partial charge in [0.25, 0.3) is 5.56 Å². The Morgan fingerprint density at radius 3 is 2.83 bits per heavy atom. The first kappa shape index (κ1) is 12.7. The van der Waals surface area contributed by atoms with Gasteiger partial charge >= 0.3 is 0 Å². The highest BCUT2D eigenvalue weighted by Crippen LogP contribution is 2.09. The van der Waals surface area contributed by atoms with Gasteiger partial charge in [0.15, 0.2) is 5.82 Å². The summed E-state index contributed by atoms with van der Waals surface area (Å²) >= 11 is 4.89. The van der Waals surface area contributed by atoms with Crippen molar-refractivity contribution in [2.45, 2.75) is 33.2 Å². The van der Waals surface area contributed by atoms with E-state index in [-0.39, 0.29) is 5.56 Å². The largest absolute Gasteiger partial charge is 0.281 e. The first-order chi connectivity index (χ1) is 8.61. The predicted octanol–water partition coefficient (Wildman–Crippen LogP) is 1.80. The molecule has 0 aliphatic carbocycles. The monoisotopic (exact) mass is 265 g/mol. The summed E-state index contributed by atoms with van der Waals surface area (Å²) in [5.41, 5.74) is 1.13. The molecule has 0 spiro atoms. The Morgan fingerprint density at radius 2 is 2.22 bits per heavy atom. The highest BCUT2D eigenvalue weighted by Gasteiger charge is 2.11. The fourth-order valence-corrected chi connectivity index (χ4v) is 1.84. The van der Waals surface area contributed by atoms with E-state index in [2.05, 4.69) is 27.2 Å². The molecule has 7 heteroatoms. The number of unbranched alkanes of at least 4 members (excludes halogenated alkanes) is 1. The zero-order valence-electron chi connectivity index (χ0n) is 10.4. The van der Waals surface area contributed by atoms with E-state index < -0.39 is 0 Å². The Balaban J connectivity index is 2.51.